The number of halogens is 2. The van der Waals surface area contributed by atoms with Gasteiger partial charge in [-0.1, -0.05) is 22.8 Å². The quantitative estimate of drug-likeness (QED) is 0.679. The van der Waals surface area contributed by atoms with Gasteiger partial charge >= 0.3 is 0 Å². The second-order valence-electron chi connectivity index (χ2n) is 5.73. The minimum atomic E-state index is -0.570. The van der Waals surface area contributed by atoms with Gasteiger partial charge in [0.05, 0.1) is 17.1 Å². The maximum absolute atomic E-state index is 14.2. The van der Waals surface area contributed by atoms with Crippen LogP contribution in [0.3, 0.4) is 0 Å². The number of aromatic nitrogens is 1. The van der Waals surface area contributed by atoms with Crippen molar-refractivity contribution in [1.82, 2.24) is 10.1 Å². The Bertz CT molecular complexity index is 912. The molecule has 0 N–H and O–H groups in total. The average Bonchev–Trinajstić information content (AvgIpc) is 3.12. The molecule has 0 aliphatic rings. The lowest BCUT2D eigenvalue weighted by molar-refractivity contribution is 0.0774. The molecule has 3 rings (SSSR count). The van der Waals surface area contributed by atoms with Crippen molar-refractivity contribution in [3.63, 3.8) is 0 Å². The molecule has 2 heterocycles. The van der Waals surface area contributed by atoms with Crippen LogP contribution in [-0.2, 0) is 6.54 Å². The zero-order valence-corrected chi connectivity index (χ0v) is 14.7. The zero-order valence-electron chi connectivity index (χ0n) is 14.0. The molecule has 0 aliphatic carbocycles. The third-order valence-electron chi connectivity index (χ3n) is 3.81. The summed E-state index contributed by atoms with van der Waals surface area (Å²) in [6.45, 7) is 3.69. The molecular weight excluding hydrogens is 347 g/mol. The molecule has 0 radical (unpaired) electrons. The number of furan rings is 1. The predicted octanol–water partition coefficient (Wildman–Crippen LogP) is 4.62. The predicted molar refractivity (Wildman–Crippen MR) is 90.9 cm³/mol. The fourth-order valence-corrected chi connectivity index (χ4v) is 2.84. The van der Waals surface area contributed by atoms with E-state index in [-0.39, 0.29) is 34.3 Å². The van der Waals surface area contributed by atoms with Gasteiger partial charge in [0, 0.05) is 7.05 Å². The van der Waals surface area contributed by atoms with Crippen molar-refractivity contribution >= 4 is 17.5 Å². The first-order valence-electron chi connectivity index (χ1n) is 7.60. The van der Waals surface area contributed by atoms with Gasteiger partial charge in [-0.3, -0.25) is 4.79 Å². The Labute approximate surface area is 149 Å². The molecule has 0 saturated carbocycles. The van der Waals surface area contributed by atoms with E-state index in [0.717, 1.165) is 5.76 Å². The summed E-state index contributed by atoms with van der Waals surface area (Å²) in [7, 11) is 1.62. The fraction of sp³-hybridized carbons (Fsp3) is 0.222. The lowest BCUT2D eigenvalue weighted by atomic mass is 10.0. The minimum absolute atomic E-state index is 0.0478. The molecule has 0 atom stereocenters. The van der Waals surface area contributed by atoms with E-state index in [9.17, 15) is 9.18 Å². The summed E-state index contributed by atoms with van der Waals surface area (Å²) in [5.74, 6) is 0.770. The van der Waals surface area contributed by atoms with Crippen molar-refractivity contribution in [1.29, 1.82) is 0 Å². The summed E-state index contributed by atoms with van der Waals surface area (Å²) in [6, 6.07) is 7.90. The highest BCUT2D eigenvalue weighted by Crippen LogP contribution is 2.34. The van der Waals surface area contributed by atoms with Crippen molar-refractivity contribution in [2.75, 3.05) is 7.05 Å². The number of nitrogens with zero attached hydrogens (tertiary/aromatic N) is 2. The number of rotatable bonds is 4. The maximum Gasteiger partial charge on any atom is 0.259 e. The Hall–Kier alpha value is -2.60. The van der Waals surface area contributed by atoms with Gasteiger partial charge in [-0.15, -0.1) is 0 Å². The van der Waals surface area contributed by atoms with Gasteiger partial charge in [0.25, 0.3) is 5.91 Å². The molecule has 25 heavy (non-hydrogen) atoms. The normalized spacial score (nSPS) is 10.9. The number of amides is 1. The van der Waals surface area contributed by atoms with Crippen LogP contribution < -0.4 is 0 Å². The lowest BCUT2D eigenvalue weighted by Gasteiger charge is -2.16. The van der Waals surface area contributed by atoms with E-state index in [2.05, 4.69) is 5.16 Å². The van der Waals surface area contributed by atoms with Crippen molar-refractivity contribution in [2.45, 2.75) is 20.4 Å². The molecule has 1 amide bonds. The molecule has 0 aliphatic heterocycles. The maximum atomic E-state index is 14.2. The Morgan fingerprint density at radius 2 is 2.04 bits per heavy atom. The molecule has 0 bridgehead atoms. The summed E-state index contributed by atoms with van der Waals surface area (Å²) in [6.07, 6.45) is 0. The van der Waals surface area contributed by atoms with Crippen LogP contribution in [0, 0.1) is 19.7 Å². The monoisotopic (exact) mass is 362 g/mol. The van der Waals surface area contributed by atoms with Crippen LogP contribution in [0.2, 0.25) is 5.02 Å². The second kappa shape index (κ2) is 6.72. The van der Waals surface area contributed by atoms with Gasteiger partial charge in [-0.25, -0.2) is 4.39 Å². The van der Waals surface area contributed by atoms with E-state index in [4.69, 9.17) is 20.5 Å². The Morgan fingerprint density at radius 3 is 2.68 bits per heavy atom. The third-order valence-corrected chi connectivity index (χ3v) is 4.13. The minimum Gasteiger partial charge on any atom is -0.464 e. The first-order chi connectivity index (χ1) is 11.9. The van der Waals surface area contributed by atoms with Crippen molar-refractivity contribution in [3.05, 3.63) is 64.0 Å². The zero-order chi connectivity index (χ0) is 18.1. The number of carbonyl (C=O) groups excluding carboxylic acids is 1. The molecule has 7 heteroatoms. The first kappa shape index (κ1) is 17.2. The standard InChI is InChI=1S/C18H16ClFN2O3/c1-10-7-8-12(24-10)9-22(3)18(23)15-11(2)25-21-17(15)16-13(19)5-4-6-14(16)20/h4-8H,9H2,1-3H3. The number of aryl methyl sites for hydroxylation is 2. The van der Waals surface area contributed by atoms with Gasteiger partial charge in [0.15, 0.2) is 0 Å². The number of benzene rings is 1. The van der Waals surface area contributed by atoms with E-state index in [1.165, 1.54) is 23.1 Å². The smallest absolute Gasteiger partial charge is 0.259 e. The van der Waals surface area contributed by atoms with Crippen LogP contribution in [0.25, 0.3) is 11.3 Å². The van der Waals surface area contributed by atoms with E-state index < -0.39 is 5.82 Å². The molecule has 1 aromatic carbocycles. The molecule has 0 unspecified atom stereocenters. The number of carbonyl (C=O) groups is 1. The van der Waals surface area contributed by atoms with Crippen LogP contribution in [0.5, 0.6) is 0 Å². The van der Waals surface area contributed by atoms with Crippen molar-refractivity contribution in [3.8, 4) is 11.3 Å². The highest BCUT2D eigenvalue weighted by atomic mass is 35.5. The topological polar surface area (TPSA) is 59.5 Å². The second-order valence-corrected chi connectivity index (χ2v) is 6.14. The van der Waals surface area contributed by atoms with Gasteiger partial charge < -0.3 is 13.8 Å². The Morgan fingerprint density at radius 1 is 1.28 bits per heavy atom. The van der Waals surface area contributed by atoms with Gasteiger partial charge in [0.1, 0.15) is 34.4 Å². The first-order valence-corrected chi connectivity index (χ1v) is 7.97. The van der Waals surface area contributed by atoms with Crippen molar-refractivity contribution < 1.29 is 18.1 Å². The number of hydrogen-bond acceptors (Lipinski definition) is 4. The highest BCUT2D eigenvalue weighted by Gasteiger charge is 2.27. The van der Waals surface area contributed by atoms with Crippen LogP contribution >= 0.6 is 11.6 Å². The SMILES string of the molecule is Cc1ccc(CN(C)C(=O)c2c(-c3c(F)cccc3Cl)noc2C)o1. The largest absolute Gasteiger partial charge is 0.464 e. The lowest BCUT2D eigenvalue weighted by Crippen LogP contribution is -2.26. The molecule has 3 aromatic rings. The number of hydrogen-bond donors (Lipinski definition) is 0. The summed E-state index contributed by atoms with van der Waals surface area (Å²) in [5, 5.41) is 4.01. The van der Waals surface area contributed by atoms with Gasteiger partial charge in [-0.05, 0) is 38.1 Å². The molecule has 0 saturated heterocycles. The summed E-state index contributed by atoms with van der Waals surface area (Å²) in [4.78, 5) is 14.3. The van der Waals surface area contributed by atoms with E-state index in [1.807, 2.05) is 13.0 Å². The average molecular weight is 363 g/mol. The molecular formula is C18H16ClFN2O3. The third kappa shape index (κ3) is 3.30. The molecule has 2 aromatic heterocycles. The van der Waals surface area contributed by atoms with Crippen LogP contribution in [0.4, 0.5) is 4.39 Å². The van der Waals surface area contributed by atoms with Gasteiger partial charge in [-0.2, -0.15) is 0 Å². The van der Waals surface area contributed by atoms with Crippen LogP contribution in [0.15, 0.2) is 39.3 Å². The summed E-state index contributed by atoms with van der Waals surface area (Å²) >= 11 is 6.10. The van der Waals surface area contributed by atoms with Crippen LogP contribution in [0.1, 0.15) is 27.6 Å². The Kier molecular flexibility index (Phi) is 4.63. The summed E-state index contributed by atoms with van der Waals surface area (Å²) in [5.41, 5.74) is 0.317. The fourth-order valence-electron chi connectivity index (χ4n) is 2.59. The summed E-state index contributed by atoms with van der Waals surface area (Å²) < 4.78 is 24.9. The highest BCUT2D eigenvalue weighted by molar-refractivity contribution is 6.33. The molecule has 130 valence electrons. The van der Waals surface area contributed by atoms with E-state index in [1.54, 1.807) is 20.0 Å². The van der Waals surface area contributed by atoms with Crippen molar-refractivity contribution in [2.24, 2.45) is 0 Å². The van der Waals surface area contributed by atoms with E-state index in [0.29, 0.717) is 11.5 Å². The van der Waals surface area contributed by atoms with Gasteiger partial charge in [0.2, 0.25) is 0 Å². The molecule has 0 fully saturated rings. The van der Waals surface area contributed by atoms with Crippen LogP contribution in [-0.4, -0.2) is 23.0 Å². The van der Waals surface area contributed by atoms with E-state index >= 15 is 0 Å². The Balaban J connectivity index is 1.97. The molecule has 0 spiro atoms. The molecule has 5 nitrogen and oxygen atoms in total.